The molecule has 6 heteroatoms. The Hall–Kier alpha value is -2.24. The molecule has 0 bridgehead atoms. The van der Waals surface area contributed by atoms with Gasteiger partial charge in [-0.15, -0.1) is 0 Å². The number of likely N-dealkylation sites (tertiary alicyclic amines) is 1. The molecule has 1 heterocycles. The van der Waals surface area contributed by atoms with Crippen molar-refractivity contribution in [2.45, 2.75) is 52.4 Å². The average molecular weight is 403 g/mol. The first-order valence-corrected chi connectivity index (χ1v) is 11.0. The number of aliphatic imine (C=N–C) groups is 1. The summed E-state index contributed by atoms with van der Waals surface area (Å²) in [4.78, 5) is 19.1. The van der Waals surface area contributed by atoms with E-state index in [4.69, 9.17) is 4.74 Å². The van der Waals surface area contributed by atoms with Crippen LogP contribution in [0.1, 0.15) is 57.9 Å². The third kappa shape index (κ3) is 7.95. The smallest absolute Gasteiger partial charge is 0.224 e. The van der Waals surface area contributed by atoms with Crippen molar-refractivity contribution < 1.29 is 9.53 Å². The molecule has 1 aromatic carbocycles. The Kier molecular flexibility index (Phi) is 9.81. The number of hydrogen-bond acceptors (Lipinski definition) is 3. The first-order valence-electron chi connectivity index (χ1n) is 11.0. The Bertz CT molecular complexity index is 645. The van der Waals surface area contributed by atoms with Crippen molar-refractivity contribution in [3.8, 4) is 5.75 Å². The zero-order valence-electron chi connectivity index (χ0n) is 18.5. The molecule has 1 saturated heterocycles. The third-order valence-electron chi connectivity index (χ3n) is 5.50. The highest BCUT2D eigenvalue weighted by atomic mass is 16.5. The van der Waals surface area contributed by atoms with Gasteiger partial charge < -0.3 is 20.3 Å². The van der Waals surface area contributed by atoms with Gasteiger partial charge in [0.1, 0.15) is 5.75 Å². The summed E-state index contributed by atoms with van der Waals surface area (Å²) in [5, 5.41) is 6.57. The van der Waals surface area contributed by atoms with Crippen molar-refractivity contribution in [3.63, 3.8) is 0 Å². The number of guanidine groups is 1. The van der Waals surface area contributed by atoms with Crippen LogP contribution in [0, 0.1) is 5.92 Å². The number of carbonyl (C=O) groups is 1. The van der Waals surface area contributed by atoms with E-state index in [0.29, 0.717) is 24.8 Å². The van der Waals surface area contributed by atoms with Crippen LogP contribution in [0.4, 0.5) is 0 Å². The van der Waals surface area contributed by atoms with Gasteiger partial charge in [0, 0.05) is 39.1 Å². The number of rotatable bonds is 9. The predicted molar refractivity (Wildman–Crippen MR) is 120 cm³/mol. The lowest BCUT2D eigenvalue weighted by atomic mass is 9.98. The van der Waals surface area contributed by atoms with Gasteiger partial charge in [-0.1, -0.05) is 26.0 Å². The molecule has 0 spiro atoms. The highest BCUT2D eigenvalue weighted by Gasteiger charge is 2.20. The van der Waals surface area contributed by atoms with E-state index in [1.54, 1.807) is 7.11 Å². The normalized spacial score (nSPS) is 18.3. The van der Waals surface area contributed by atoms with E-state index in [1.807, 2.05) is 17.0 Å². The van der Waals surface area contributed by atoms with Crippen LogP contribution in [0.25, 0.3) is 0 Å². The molecule has 1 aromatic rings. The molecule has 1 amide bonds. The SMILES string of the molecule is CCNC(=NCCC(C)c1ccc(OC)cc1)NCCC(=O)N1CCCC(C)C1. The Morgan fingerprint density at radius 1 is 1.31 bits per heavy atom. The topological polar surface area (TPSA) is 66.0 Å². The summed E-state index contributed by atoms with van der Waals surface area (Å²) in [5.74, 6) is 2.95. The van der Waals surface area contributed by atoms with E-state index in [0.717, 1.165) is 50.7 Å². The van der Waals surface area contributed by atoms with Gasteiger partial charge in [-0.3, -0.25) is 9.79 Å². The van der Waals surface area contributed by atoms with Crippen molar-refractivity contribution in [2.24, 2.45) is 10.9 Å². The summed E-state index contributed by atoms with van der Waals surface area (Å²) in [5.41, 5.74) is 1.29. The van der Waals surface area contributed by atoms with Crippen LogP contribution in [-0.4, -0.2) is 56.6 Å². The summed E-state index contributed by atoms with van der Waals surface area (Å²) in [6.45, 7) is 10.5. The van der Waals surface area contributed by atoms with Crippen molar-refractivity contribution in [3.05, 3.63) is 29.8 Å². The molecule has 1 aliphatic heterocycles. The second-order valence-electron chi connectivity index (χ2n) is 7.99. The van der Waals surface area contributed by atoms with E-state index >= 15 is 0 Å². The lowest BCUT2D eigenvalue weighted by Gasteiger charge is -2.31. The minimum Gasteiger partial charge on any atom is -0.497 e. The second-order valence-corrected chi connectivity index (χ2v) is 7.99. The maximum absolute atomic E-state index is 12.4. The van der Waals surface area contributed by atoms with Crippen molar-refractivity contribution in [1.29, 1.82) is 0 Å². The molecule has 1 aliphatic rings. The first-order chi connectivity index (χ1) is 14.0. The van der Waals surface area contributed by atoms with E-state index < -0.39 is 0 Å². The fraction of sp³-hybridized carbons (Fsp3) is 0.652. The molecule has 1 fully saturated rings. The molecule has 2 N–H and O–H groups in total. The van der Waals surface area contributed by atoms with Crippen molar-refractivity contribution in [1.82, 2.24) is 15.5 Å². The molecule has 0 radical (unpaired) electrons. The molecule has 6 nitrogen and oxygen atoms in total. The lowest BCUT2D eigenvalue weighted by molar-refractivity contribution is -0.132. The number of benzene rings is 1. The highest BCUT2D eigenvalue weighted by molar-refractivity contribution is 5.81. The monoisotopic (exact) mass is 402 g/mol. The number of carbonyl (C=O) groups excluding carboxylic acids is 1. The number of hydrogen-bond donors (Lipinski definition) is 2. The van der Waals surface area contributed by atoms with Crippen molar-refractivity contribution >= 4 is 11.9 Å². The Morgan fingerprint density at radius 2 is 2.07 bits per heavy atom. The van der Waals surface area contributed by atoms with E-state index in [1.165, 1.54) is 12.0 Å². The van der Waals surface area contributed by atoms with Crippen LogP contribution in [0.3, 0.4) is 0 Å². The molecule has 2 atom stereocenters. The van der Waals surface area contributed by atoms with E-state index in [-0.39, 0.29) is 5.91 Å². The number of nitrogens with zero attached hydrogens (tertiary/aromatic N) is 2. The predicted octanol–water partition coefficient (Wildman–Crippen LogP) is 3.39. The summed E-state index contributed by atoms with van der Waals surface area (Å²) in [6, 6.07) is 8.23. The van der Waals surface area contributed by atoms with Gasteiger partial charge in [-0.05, 0) is 55.7 Å². The molecule has 29 heavy (non-hydrogen) atoms. The minimum atomic E-state index is 0.244. The maximum atomic E-state index is 12.4. The molecule has 2 unspecified atom stereocenters. The van der Waals surface area contributed by atoms with Gasteiger partial charge in [-0.25, -0.2) is 0 Å². The summed E-state index contributed by atoms with van der Waals surface area (Å²) < 4.78 is 5.22. The Labute approximate surface area is 176 Å². The second kappa shape index (κ2) is 12.3. The quantitative estimate of drug-likeness (QED) is 0.491. The highest BCUT2D eigenvalue weighted by Crippen LogP contribution is 2.21. The standard InChI is InChI=1S/C23H38N4O2/c1-5-24-23(26-15-13-22(28)27-16-6-7-18(2)17-27)25-14-12-19(3)20-8-10-21(29-4)11-9-20/h8-11,18-19H,5-7,12-17H2,1-4H3,(H2,24,25,26). The Balaban J connectivity index is 1.75. The number of ether oxygens (including phenoxy) is 1. The van der Waals surface area contributed by atoms with Crippen LogP contribution >= 0.6 is 0 Å². The van der Waals surface area contributed by atoms with E-state index in [2.05, 4.69) is 48.5 Å². The van der Waals surface area contributed by atoms with E-state index in [9.17, 15) is 4.79 Å². The van der Waals surface area contributed by atoms with Crippen LogP contribution < -0.4 is 15.4 Å². The molecule has 0 aromatic heterocycles. The van der Waals surface area contributed by atoms with Crippen LogP contribution in [0.2, 0.25) is 0 Å². The number of methoxy groups -OCH3 is 1. The van der Waals surface area contributed by atoms with Crippen molar-refractivity contribution in [2.75, 3.05) is 39.8 Å². The summed E-state index contributed by atoms with van der Waals surface area (Å²) in [6.07, 6.45) is 3.83. The number of amides is 1. The van der Waals surface area contributed by atoms with Gasteiger partial charge in [0.2, 0.25) is 5.91 Å². The van der Waals surface area contributed by atoms with Gasteiger partial charge in [-0.2, -0.15) is 0 Å². The fourth-order valence-corrected chi connectivity index (χ4v) is 3.67. The summed E-state index contributed by atoms with van der Waals surface area (Å²) >= 11 is 0. The number of piperidine rings is 1. The average Bonchev–Trinajstić information content (AvgIpc) is 2.73. The first kappa shape index (κ1) is 23.0. The molecule has 0 saturated carbocycles. The number of nitrogens with one attached hydrogen (secondary N) is 2. The zero-order valence-corrected chi connectivity index (χ0v) is 18.5. The van der Waals surface area contributed by atoms with Gasteiger partial charge in [0.15, 0.2) is 5.96 Å². The molecule has 2 rings (SSSR count). The molecular weight excluding hydrogens is 364 g/mol. The Morgan fingerprint density at radius 3 is 2.72 bits per heavy atom. The fourth-order valence-electron chi connectivity index (χ4n) is 3.67. The van der Waals surface area contributed by atoms with Crippen LogP contribution in [0.5, 0.6) is 5.75 Å². The molecule has 0 aliphatic carbocycles. The lowest BCUT2D eigenvalue weighted by Crippen LogP contribution is -2.42. The third-order valence-corrected chi connectivity index (χ3v) is 5.50. The van der Waals surface area contributed by atoms with Crippen LogP contribution in [0.15, 0.2) is 29.3 Å². The molecule has 162 valence electrons. The minimum absolute atomic E-state index is 0.244. The maximum Gasteiger partial charge on any atom is 0.224 e. The van der Waals surface area contributed by atoms with Gasteiger partial charge in [0.05, 0.1) is 7.11 Å². The van der Waals surface area contributed by atoms with Gasteiger partial charge in [0.25, 0.3) is 0 Å². The summed E-state index contributed by atoms with van der Waals surface area (Å²) in [7, 11) is 1.68. The van der Waals surface area contributed by atoms with Gasteiger partial charge >= 0.3 is 0 Å². The molecular formula is C23H38N4O2. The largest absolute Gasteiger partial charge is 0.497 e. The zero-order chi connectivity index (χ0) is 21.1. The van der Waals surface area contributed by atoms with Crippen LogP contribution in [-0.2, 0) is 4.79 Å².